The molecule has 1 unspecified atom stereocenters. The maximum Gasteiger partial charge on any atom is 0.303 e. The number of hydrogen-bond donors (Lipinski definition) is 1. The summed E-state index contributed by atoms with van der Waals surface area (Å²) in [7, 11) is 0. The Hall–Kier alpha value is -2.06. The number of hydrogen-bond acceptors (Lipinski definition) is 4. The van der Waals surface area contributed by atoms with E-state index in [9.17, 15) is 4.79 Å². The second kappa shape index (κ2) is 5.52. The zero-order valence-electron chi connectivity index (χ0n) is 9.76. The highest BCUT2D eigenvalue weighted by atomic mass is 16.6. The second-order valence-electron chi connectivity index (χ2n) is 4.09. The van der Waals surface area contributed by atoms with Crippen LogP contribution >= 0.6 is 0 Å². The van der Waals surface area contributed by atoms with E-state index in [1.165, 1.54) is 0 Å². The Labute approximate surface area is 105 Å². The van der Waals surface area contributed by atoms with Gasteiger partial charge in [-0.2, -0.15) is 5.26 Å². The first-order chi connectivity index (χ1) is 8.69. The number of aryl methyl sites for hydroxylation is 1. The van der Waals surface area contributed by atoms with Gasteiger partial charge >= 0.3 is 5.97 Å². The van der Waals surface area contributed by atoms with Crippen molar-refractivity contribution in [2.45, 2.75) is 18.9 Å². The molecule has 1 aromatic rings. The van der Waals surface area contributed by atoms with Crippen LogP contribution in [0.2, 0.25) is 0 Å². The van der Waals surface area contributed by atoms with Gasteiger partial charge in [-0.1, -0.05) is 6.07 Å². The maximum absolute atomic E-state index is 10.5. The monoisotopic (exact) mass is 247 g/mol. The minimum atomic E-state index is -0.870. The zero-order chi connectivity index (χ0) is 13.0. The topological polar surface area (TPSA) is 82.8 Å². The Balaban J connectivity index is 2.02. The van der Waals surface area contributed by atoms with Gasteiger partial charge in [0, 0.05) is 6.42 Å². The van der Waals surface area contributed by atoms with Crippen molar-refractivity contribution in [1.29, 1.82) is 5.26 Å². The molecule has 1 aliphatic rings. The number of benzene rings is 1. The largest absolute Gasteiger partial charge is 0.491 e. The Morgan fingerprint density at radius 2 is 2.39 bits per heavy atom. The number of carboxylic acids is 1. The summed E-state index contributed by atoms with van der Waals surface area (Å²) in [5.41, 5.74) is 1.19. The third kappa shape index (κ3) is 3.47. The molecule has 1 aliphatic heterocycles. The predicted octanol–water partition coefficient (Wildman–Crippen LogP) is 1.35. The summed E-state index contributed by atoms with van der Waals surface area (Å²) in [6.07, 6.45) is 0.539. The van der Waals surface area contributed by atoms with Gasteiger partial charge in [0.25, 0.3) is 0 Å². The number of ether oxygens (including phenoxy) is 2. The molecule has 1 aromatic carbocycles. The van der Waals surface area contributed by atoms with Gasteiger partial charge < -0.3 is 14.6 Å². The van der Waals surface area contributed by atoms with Gasteiger partial charge in [0.1, 0.15) is 18.5 Å². The molecular weight excluding hydrogens is 234 g/mol. The van der Waals surface area contributed by atoms with E-state index in [1.807, 2.05) is 0 Å². The van der Waals surface area contributed by atoms with Crippen LogP contribution in [0.5, 0.6) is 5.75 Å². The molecule has 5 nitrogen and oxygen atoms in total. The highest BCUT2D eigenvalue weighted by Gasteiger charge is 2.23. The highest BCUT2D eigenvalue weighted by molar-refractivity contribution is 5.67. The van der Waals surface area contributed by atoms with E-state index in [1.54, 1.807) is 18.2 Å². The highest BCUT2D eigenvalue weighted by Crippen LogP contribution is 2.20. The molecule has 2 rings (SSSR count). The molecular formula is C13H13NO4. The smallest absolute Gasteiger partial charge is 0.303 e. The summed E-state index contributed by atoms with van der Waals surface area (Å²) in [5.74, 6) is -0.258. The molecule has 18 heavy (non-hydrogen) atoms. The molecule has 5 heteroatoms. The molecule has 0 spiro atoms. The van der Waals surface area contributed by atoms with Gasteiger partial charge in [-0.25, -0.2) is 0 Å². The van der Waals surface area contributed by atoms with Crippen LogP contribution in [-0.4, -0.2) is 30.4 Å². The Morgan fingerprint density at radius 3 is 3.00 bits per heavy atom. The summed E-state index contributed by atoms with van der Waals surface area (Å²) in [5, 5.41) is 17.6. The van der Waals surface area contributed by atoms with Crippen molar-refractivity contribution in [3.8, 4) is 11.8 Å². The maximum atomic E-state index is 10.5. The van der Waals surface area contributed by atoms with Gasteiger partial charge in [0.2, 0.25) is 0 Å². The van der Waals surface area contributed by atoms with Crippen molar-refractivity contribution in [3.63, 3.8) is 0 Å². The molecule has 1 saturated heterocycles. The van der Waals surface area contributed by atoms with Crippen molar-refractivity contribution in [1.82, 2.24) is 0 Å². The molecule has 0 amide bonds. The fourth-order valence-electron chi connectivity index (χ4n) is 1.56. The summed E-state index contributed by atoms with van der Waals surface area (Å²) >= 11 is 0. The van der Waals surface area contributed by atoms with E-state index < -0.39 is 5.97 Å². The number of rotatable bonds is 6. The van der Waals surface area contributed by atoms with Crippen LogP contribution in [0.1, 0.15) is 17.5 Å². The standard InChI is InChI=1S/C13H13NO4/c14-6-10-5-11(17-7-12-8-18-12)3-1-9(10)2-4-13(15)16/h1,3,5,12H,2,4,7-8H2,(H,15,16). The van der Waals surface area contributed by atoms with Crippen LogP contribution in [0.4, 0.5) is 0 Å². The average molecular weight is 247 g/mol. The van der Waals surface area contributed by atoms with Crippen molar-refractivity contribution in [3.05, 3.63) is 29.3 Å². The molecule has 0 bridgehead atoms. The quantitative estimate of drug-likeness (QED) is 0.767. The summed E-state index contributed by atoms with van der Waals surface area (Å²) in [6.45, 7) is 1.21. The molecule has 1 fully saturated rings. The van der Waals surface area contributed by atoms with E-state index in [-0.39, 0.29) is 12.5 Å². The van der Waals surface area contributed by atoms with Crippen LogP contribution < -0.4 is 4.74 Å². The minimum absolute atomic E-state index is 0.0186. The van der Waals surface area contributed by atoms with Crippen LogP contribution in [0, 0.1) is 11.3 Å². The first kappa shape index (κ1) is 12.4. The van der Waals surface area contributed by atoms with Crippen LogP contribution in [0.15, 0.2) is 18.2 Å². The van der Waals surface area contributed by atoms with E-state index >= 15 is 0 Å². The van der Waals surface area contributed by atoms with Crippen molar-refractivity contribution >= 4 is 5.97 Å². The first-order valence-electron chi connectivity index (χ1n) is 5.68. The lowest BCUT2D eigenvalue weighted by Gasteiger charge is -2.07. The van der Waals surface area contributed by atoms with E-state index in [4.69, 9.17) is 19.8 Å². The number of aliphatic carboxylic acids is 1. The molecule has 1 N–H and O–H groups in total. The van der Waals surface area contributed by atoms with E-state index in [0.29, 0.717) is 24.3 Å². The van der Waals surface area contributed by atoms with Gasteiger partial charge in [0.05, 0.1) is 18.2 Å². The Kier molecular flexibility index (Phi) is 3.80. The lowest BCUT2D eigenvalue weighted by molar-refractivity contribution is -0.136. The minimum Gasteiger partial charge on any atom is -0.491 e. The fourth-order valence-corrected chi connectivity index (χ4v) is 1.56. The number of epoxide rings is 1. The van der Waals surface area contributed by atoms with Crippen LogP contribution in [-0.2, 0) is 16.0 Å². The normalized spacial score (nSPS) is 16.9. The molecule has 1 heterocycles. The fraction of sp³-hybridized carbons (Fsp3) is 0.385. The van der Waals surface area contributed by atoms with Crippen molar-refractivity contribution < 1.29 is 19.4 Å². The lowest BCUT2D eigenvalue weighted by Crippen LogP contribution is -2.05. The average Bonchev–Trinajstić information content (AvgIpc) is 3.18. The van der Waals surface area contributed by atoms with Crippen molar-refractivity contribution in [2.24, 2.45) is 0 Å². The summed E-state index contributed by atoms with van der Waals surface area (Å²) in [4.78, 5) is 10.5. The molecule has 0 aliphatic carbocycles. The Morgan fingerprint density at radius 1 is 1.61 bits per heavy atom. The summed E-state index contributed by atoms with van der Waals surface area (Å²) in [6, 6.07) is 7.19. The molecule has 0 radical (unpaired) electrons. The first-order valence-corrected chi connectivity index (χ1v) is 5.68. The number of nitriles is 1. The van der Waals surface area contributed by atoms with E-state index in [2.05, 4.69) is 6.07 Å². The molecule has 94 valence electrons. The zero-order valence-corrected chi connectivity index (χ0v) is 9.76. The van der Waals surface area contributed by atoms with E-state index in [0.717, 1.165) is 12.2 Å². The third-order valence-corrected chi connectivity index (χ3v) is 2.65. The lowest BCUT2D eigenvalue weighted by atomic mass is 10.0. The SMILES string of the molecule is N#Cc1cc(OCC2CO2)ccc1CCC(=O)O. The predicted molar refractivity (Wildman–Crippen MR) is 62.3 cm³/mol. The molecule has 1 atom stereocenters. The number of nitrogens with zero attached hydrogens (tertiary/aromatic N) is 1. The van der Waals surface area contributed by atoms with Gasteiger partial charge in [0.15, 0.2) is 0 Å². The summed E-state index contributed by atoms with van der Waals surface area (Å²) < 4.78 is 10.5. The third-order valence-electron chi connectivity index (χ3n) is 2.65. The number of carboxylic acid groups (broad SMARTS) is 1. The van der Waals surface area contributed by atoms with Crippen LogP contribution in [0.3, 0.4) is 0 Å². The van der Waals surface area contributed by atoms with Gasteiger partial charge in [-0.15, -0.1) is 0 Å². The second-order valence-corrected chi connectivity index (χ2v) is 4.09. The molecule has 0 saturated carbocycles. The number of carbonyl (C=O) groups is 1. The van der Waals surface area contributed by atoms with Gasteiger partial charge in [-0.05, 0) is 24.1 Å². The Bertz CT molecular complexity index is 488. The van der Waals surface area contributed by atoms with Crippen LogP contribution in [0.25, 0.3) is 0 Å². The van der Waals surface area contributed by atoms with Crippen molar-refractivity contribution in [2.75, 3.05) is 13.2 Å². The molecule has 0 aromatic heterocycles. The van der Waals surface area contributed by atoms with Gasteiger partial charge in [-0.3, -0.25) is 4.79 Å².